The summed E-state index contributed by atoms with van der Waals surface area (Å²) in [5.74, 6) is 0. The van der Waals surface area contributed by atoms with Gasteiger partial charge in [0.25, 0.3) is 0 Å². The molecule has 7 rings (SSSR count). The van der Waals surface area contributed by atoms with Crippen LogP contribution in [-0.2, 0) is 19.3 Å². The largest absolute Gasteiger partial charge is 0.0651 e. The lowest BCUT2D eigenvalue weighted by Crippen LogP contribution is -1.86. The quantitative estimate of drug-likeness (QED) is 0.164. The van der Waals surface area contributed by atoms with Crippen LogP contribution in [0.25, 0.3) is 57.0 Å². The molecule has 0 saturated carbocycles. The van der Waals surface area contributed by atoms with Crippen molar-refractivity contribution < 1.29 is 0 Å². The van der Waals surface area contributed by atoms with Crippen LogP contribution in [0, 0.1) is 0 Å². The number of rotatable bonds is 8. The van der Waals surface area contributed by atoms with Crippen LogP contribution in [0.5, 0.6) is 0 Å². The van der Waals surface area contributed by atoms with E-state index in [9.17, 15) is 0 Å². The molecule has 43 heavy (non-hydrogen) atoms. The summed E-state index contributed by atoms with van der Waals surface area (Å²) in [5, 5.41) is 5.36. The third kappa shape index (κ3) is 5.58. The van der Waals surface area contributed by atoms with E-state index in [2.05, 4.69) is 147 Å². The fourth-order valence-corrected chi connectivity index (χ4v) is 6.65. The van der Waals surface area contributed by atoms with Crippen LogP contribution < -0.4 is 0 Å². The zero-order valence-electron chi connectivity index (χ0n) is 25.2. The molecule has 0 atom stereocenters. The van der Waals surface area contributed by atoms with E-state index in [0.29, 0.717) is 0 Å². The molecule has 0 aliphatic heterocycles. The summed E-state index contributed by atoms with van der Waals surface area (Å²) < 4.78 is 0. The summed E-state index contributed by atoms with van der Waals surface area (Å²) in [6, 6.07) is 41.0. The smallest absolute Gasteiger partial charge is 0.000112 e. The van der Waals surface area contributed by atoms with E-state index in [1.54, 1.807) is 0 Å². The summed E-state index contributed by atoms with van der Waals surface area (Å²) in [6.45, 7) is 4.46. The highest BCUT2D eigenvalue weighted by Gasteiger charge is 2.22. The molecule has 0 nitrogen and oxygen atoms in total. The average molecular weight is 555 g/mol. The Labute approximate surface area is 256 Å². The number of fused-ring (bicyclic) bond motifs is 7. The molecule has 0 heteroatoms. The predicted molar refractivity (Wildman–Crippen MR) is 188 cm³/mol. The molecule has 0 heterocycles. The van der Waals surface area contributed by atoms with Gasteiger partial charge in [0.15, 0.2) is 0 Å². The Bertz CT molecular complexity index is 1840. The highest BCUT2D eigenvalue weighted by Crippen LogP contribution is 2.43. The Morgan fingerprint density at radius 1 is 0.442 bits per heavy atom. The summed E-state index contributed by atoms with van der Waals surface area (Å²) in [4.78, 5) is 0. The van der Waals surface area contributed by atoms with Crippen molar-refractivity contribution in [2.45, 2.75) is 46.0 Å². The van der Waals surface area contributed by atoms with Crippen molar-refractivity contribution in [3.63, 3.8) is 0 Å². The molecular weight excluding hydrogens is 516 g/mol. The lowest BCUT2D eigenvalue weighted by Gasteiger charge is -2.07. The molecule has 0 unspecified atom stereocenters. The van der Waals surface area contributed by atoms with Gasteiger partial charge in [-0.3, -0.25) is 0 Å². The number of benzene rings is 6. The lowest BCUT2D eigenvalue weighted by atomic mass is 9.97. The van der Waals surface area contributed by atoms with Crippen molar-refractivity contribution in [3.05, 3.63) is 154 Å². The van der Waals surface area contributed by atoms with Crippen molar-refractivity contribution in [2.75, 3.05) is 0 Å². The van der Waals surface area contributed by atoms with E-state index in [0.717, 1.165) is 19.3 Å². The Morgan fingerprint density at radius 2 is 0.837 bits per heavy atom. The second kappa shape index (κ2) is 11.9. The van der Waals surface area contributed by atoms with Gasteiger partial charge in [-0.25, -0.2) is 0 Å². The summed E-state index contributed by atoms with van der Waals surface area (Å²) >= 11 is 0. The van der Waals surface area contributed by atoms with Gasteiger partial charge in [0.05, 0.1) is 0 Å². The second-order valence-electron chi connectivity index (χ2n) is 12.0. The molecule has 210 valence electrons. The third-order valence-electron chi connectivity index (χ3n) is 8.93. The van der Waals surface area contributed by atoms with Gasteiger partial charge in [0.2, 0.25) is 0 Å². The summed E-state index contributed by atoms with van der Waals surface area (Å²) in [6.07, 6.45) is 14.6. The molecule has 0 fully saturated rings. The average Bonchev–Trinajstić information content (AvgIpc) is 3.44. The molecule has 0 bridgehead atoms. The second-order valence-corrected chi connectivity index (χ2v) is 12.0. The molecular formula is C43H38. The zero-order chi connectivity index (χ0) is 29.2. The van der Waals surface area contributed by atoms with Crippen molar-refractivity contribution in [1.82, 2.24) is 0 Å². The zero-order valence-corrected chi connectivity index (χ0v) is 25.2. The van der Waals surface area contributed by atoms with Crippen LogP contribution in [0.4, 0.5) is 0 Å². The van der Waals surface area contributed by atoms with E-state index in [1.165, 1.54) is 90.0 Å². The summed E-state index contributed by atoms with van der Waals surface area (Å²) in [7, 11) is 0. The monoisotopic (exact) mass is 554 g/mol. The SMILES string of the molecule is CCCc1ccc(/C=C/c2ccc3c4c(ccc3c2)-c2ccc3cc(/C=C/c5ccc(CCC)cc5)ccc3c2C4)cc1. The van der Waals surface area contributed by atoms with Crippen LogP contribution in [0.3, 0.4) is 0 Å². The first-order chi connectivity index (χ1) is 21.2. The van der Waals surface area contributed by atoms with Crippen molar-refractivity contribution in [3.8, 4) is 11.1 Å². The molecule has 0 radical (unpaired) electrons. The molecule has 6 aromatic rings. The standard InChI is InChI=1S/C43H38/c1-3-5-30-7-11-32(12-8-30)15-17-34-19-23-38-36(27-34)21-25-40-41-26-22-37-28-35(20-24-39(37)43(41)29-42(38)40)18-16-33-13-9-31(6-4-2)10-14-33/h7-28H,3-6,29H2,1-2H3/b17-15+,18-16+. The van der Waals surface area contributed by atoms with E-state index >= 15 is 0 Å². The molecule has 1 aliphatic rings. The third-order valence-corrected chi connectivity index (χ3v) is 8.93. The molecule has 6 aromatic carbocycles. The van der Waals surface area contributed by atoms with Gasteiger partial charge in [-0.1, -0.05) is 148 Å². The maximum atomic E-state index is 2.33. The fourth-order valence-electron chi connectivity index (χ4n) is 6.65. The maximum absolute atomic E-state index is 2.33. The van der Waals surface area contributed by atoms with Gasteiger partial charge in [-0.05, 0) is 109 Å². The Balaban J connectivity index is 1.13. The number of aryl methyl sites for hydroxylation is 2. The molecule has 0 N–H and O–H groups in total. The van der Waals surface area contributed by atoms with Crippen LogP contribution in [0.1, 0.15) is 71.2 Å². The number of hydrogen-bond donors (Lipinski definition) is 0. The van der Waals surface area contributed by atoms with E-state index in [4.69, 9.17) is 0 Å². The van der Waals surface area contributed by atoms with Crippen LogP contribution in [0.15, 0.2) is 109 Å². The van der Waals surface area contributed by atoms with Gasteiger partial charge >= 0.3 is 0 Å². The first-order valence-electron chi connectivity index (χ1n) is 15.8. The van der Waals surface area contributed by atoms with Crippen molar-refractivity contribution >= 4 is 45.8 Å². The fraction of sp³-hybridized carbons (Fsp3) is 0.163. The van der Waals surface area contributed by atoms with Gasteiger partial charge < -0.3 is 0 Å². The van der Waals surface area contributed by atoms with Crippen LogP contribution in [-0.4, -0.2) is 0 Å². The first-order valence-corrected chi connectivity index (χ1v) is 15.8. The Kier molecular flexibility index (Phi) is 7.52. The van der Waals surface area contributed by atoms with Gasteiger partial charge in [0, 0.05) is 0 Å². The van der Waals surface area contributed by atoms with Crippen molar-refractivity contribution in [1.29, 1.82) is 0 Å². The van der Waals surface area contributed by atoms with Gasteiger partial charge in [-0.2, -0.15) is 0 Å². The highest BCUT2D eigenvalue weighted by molar-refractivity contribution is 6.02. The minimum Gasteiger partial charge on any atom is -0.0651 e. The number of hydrogen-bond acceptors (Lipinski definition) is 0. The molecule has 0 saturated heterocycles. The molecule has 0 aromatic heterocycles. The lowest BCUT2D eigenvalue weighted by molar-refractivity contribution is 0.922. The van der Waals surface area contributed by atoms with Gasteiger partial charge in [0.1, 0.15) is 0 Å². The minimum atomic E-state index is 0.984. The molecule has 0 spiro atoms. The minimum absolute atomic E-state index is 0.984. The van der Waals surface area contributed by atoms with E-state index < -0.39 is 0 Å². The molecule has 0 amide bonds. The Morgan fingerprint density at radius 3 is 1.26 bits per heavy atom. The summed E-state index contributed by atoms with van der Waals surface area (Å²) in [5.41, 5.74) is 13.5. The Hall–Kier alpha value is -4.68. The van der Waals surface area contributed by atoms with Gasteiger partial charge in [-0.15, -0.1) is 0 Å². The normalized spacial score (nSPS) is 12.5. The van der Waals surface area contributed by atoms with E-state index in [1.807, 2.05) is 0 Å². The van der Waals surface area contributed by atoms with E-state index in [-0.39, 0.29) is 0 Å². The molecule has 1 aliphatic carbocycles. The highest BCUT2D eigenvalue weighted by atomic mass is 14.3. The maximum Gasteiger partial charge on any atom is -0.000112 e. The first kappa shape index (κ1) is 27.2. The van der Waals surface area contributed by atoms with Crippen LogP contribution >= 0.6 is 0 Å². The van der Waals surface area contributed by atoms with Crippen molar-refractivity contribution in [2.24, 2.45) is 0 Å². The van der Waals surface area contributed by atoms with Crippen LogP contribution in [0.2, 0.25) is 0 Å². The topological polar surface area (TPSA) is 0 Å². The predicted octanol–water partition coefficient (Wildman–Crippen LogP) is 11.8.